The molecule has 0 unspecified atom stereocenters. The lowest BCUT2D eigenvalue weighted by molar-refractivity contribution is -0.907. The number of imide groups is 1. The van der Waals surface area contributed by atoms with Crippen LogP contribution in [0, 0.1) is 5.92 Å². The maximum Gasteiger partial charge on any atom is 0.329 e. The number of urea groups is 1. The molecular weight excluding hydrogens is 328 g/mol. The fraction of sp³-hybridized carbons (Fsp3) is 0.600. The van der Waals surface area contributed by atoms with Gasteiger partial charge in [-0.2, -0.15) is 0 Å². The van der Waals surface area contributed by atoms with Crippen LogP contribution in [-0.4, -0.2) is 55.2 Å². The lowest BCUT2D eigenvalue weighted by Gasteiger charge is -2.37. The van der Waals surface area contributed by atoms with Crippen LogP contribution in [0.2, 0.25) is 0 Å². The molecule has 0 aromatic heterocycles. The minimum absolute atomic E-state index is 0.00712. The Labute approximate surface area is 155 Å². The van der Waals surface area contributed by atoms with Crippen LogP contribution in [0.1, 0.15) is 32.6 Å². The van der Waals surface area contributed by atoms with E-state index in [1.165, 1.54) is 15.5 Å². The predicted molar refractivity (Wildman–Crippen MR) is 100.0 cm³/mol. The second kappa shape index (κ2) is 6.91. The van der Waals surface area contributed by atoms with Crippen LogP contribution >= 0.6 is 0 Å². The van der Waals surface area contributed by atoms with Crippen LogP contribution in [0.3, 0.4) is 0 Å². The molecule has 3 aliphatic rings. The Balaban J connectivity index is 1.38. The van der Waals surface area contributed by atoms with Crippen molar-refractivity contribution in [2.75, 3.05) is 37.7 Å². The van der Waals surface area contributed by atoms with E-state index in [-0.39, 0.29) is 17.9 Å². The molecular formula is C20H29N4O2+. The normalized spacial score (nSPS) is 30.1. The van der Waals surface area contributed by atoms with E-state index in [1.807, 2.05) is 6.07 Å². The molecule has 2 N–H and O–H groups in total. The second-order valence-corrected chi connectivity index (χ2v) is 8.01. The van der Waals surface area contributed by atoms with Crippen LogP contribution in [0.15, 0.2) is 30.3 Å². The van der Waals surface area contributed by atoms with Crippen molar-refractivity contribution >= 4 is 17.6 Å². The van der Waals surface area contributed by atoms with Crippen LogP contribution in [0.4, 0.5) is 10.5 Å². The highest BCUT2D eigenvalue weighted by Gasteiger charge is 2.55. The Hall–Kier alpha value is -2.08. The first-order valence-electron chi connectivity index (χ1n) is 9.88. The number of carbonyl (C=O) groups excluding carboxylic acids is 2. The summed E-state index contributed by atoms with van der Waals surface area (Å²) in [5, 5.41) is 3.06. The Morgan fingerprint density at radius 2 is 1.88 bits per heavy atom. The third-order valence-electron chi connectivity index (χ3n) is 6.48. The summed E-state index contributed by atoms with van der Waals surface area (Å²) in [7, 11) is 0. The van der Waals surface area contributed by atoms with Crippen LogP contribution < -0.4 is 15.1 Å². The van der Waals surface area contributed by atoms with Crippen LogP contribution in [-0.2, 0) is 4.79 Å². The van der Waals surface area contributed by atoms with Gasteiger partial charge >= 0.3 is 6.03 Å². The fourth-order valence-corrected chi connectivity index (χ4v) is 4.74. The maximum absolute atomic E-state index is 13.1. The summed E-state index contributed by atoms with van der Waals surface area (Å²) in [5.74, 6) is 0.232. The summed E-state index contributed by atoms with van der Waals surface area (Å²) in [6, 6.07) is 10.2. The summed E-state index contributed by atoms with van der Waals surface area (Å²) >= 11 is 0. The Bertz CT molecular complexity index is 672. The molecule has 26 heavy (non-hydrogen) atoms. The van der Waals surface area contributed by atoms with Gasteiger partial charge in [0.1, 0.15) is 5.54 Å². The molecule has 1 spiro atoms. The zero-order valence-corrected chi connectivity index (χ0v) is 15.5. The SMILES string of the molecule is C[C@H]1CCCC[C@]12NC(=O)N(C[NH+]1CCN(c3ccccc3)CC1)C2=O. The summed E-state index contributed by atoms with van der Waals surface area (Å²) in [6.07, 6.45) is 3.97. The fourth-order valence-electron chi connectivity index (χ4n) is 4.74. The van der Waals surface area contributed by atoms with Crippen molar-refractivity contribution in [2.45, 2.75) is 38.1 Å². The van der Waals surface area contributed by atoms with Gasteiger partial charge in [-0.25, -0.2) is 9.69 Å². The standard InChI is InChI=1S/C20H28N4O2/c1-16-7-5-6-10-20(16)18(25)24(19(26)21-20)15-22-11-13-23(14-12-22)17-8-3-2-4-9-17/h2-4,8-9,16H,5-7,10-15H2,1H3,(H,21,26)/p+1/t16-,20-/m0/s1. The molecule has 6 nitrogen and oxygen atoms in total. The summed E-state index contributed by atoms with van der Waals surface area (Å²) in [5.41, 5.74) is 0.609. The zero-order chi connectivity index (χ0) is 18.1. The molecule has 2 heterocycles. The first-order chi connectivity index (χ1) is 12.6. The van der Waals surface area contributed by atoms with Crippen molar-refractivity contribution in [1.29, 1.82) is 0 Å². The molecule has 2 atom stereocenters. The number of hydrogen-bond donors (Lipinski definition) is 2. The number of nitrogens with one attached hydrogen (secondary N) is 2. The highest BCUT2D eigenvalue weighted by Crippen LogP contribution is 2.37. The topological polar surface area (TPSA) is 57.1 Å². The van der Waals surface area contributed by atoms with Crippen molar-refractivity contribution in [3.8, 4) is 0 Å². The molecule has 1 aromatic carbocycles. The number of amides is 3. The van der Waals surface area contributed by atoms with E-state index in [1.54, 1.807) is 0 Å². The third kappa shape index (κ3) is 2.96. The highest BCUT2D eigenvalue weighted by molar-refractivity contribution is 6.07. The number of quaternary nitrogens is 1. The zero-order valence-electron chi connectivity index (χ0n) is 15.5. The highest BCUT2D eigenvalue weighted by atomic mass is 16.2. The molecule has 0 radical (unpaired) electrons. The summed E-state index contributed by atoms with van der Waals surface area (Å²) in [4.78, 5) is 30.8. The number of hydrogen-bond acceptors (Lipinski definition) is 3. The Morgan fingerprint density at radius 1 is 1.15 bits per heavy atom. The van der Waals surface area contributed by atoms with Crippen molar-refractivity contribution in [2.24, 2.45) is 5.92 Å². The quantitative estimate of drug-likeness (QED) is 0.789. The average molecular weight is 357 g/mol. The third-order valence-corrected chi connectivity index (χ3v) is 6.48. The van der Waals surface area contributed by atoms with Crippen LogP contribution in [0.25, 0.3) is 0 Å². The average Bonchev–Trinajstić information content (AvgIpc) is 2.90. The monoisotopic (exact) mass is 357 g/mol. The Morgan fingerprint density at radius 3 is 2.58 bits per heavy atom. The van der Waals surface area contributed by atoms with Crippen LogP contribution in [0.5, 0.6) is 0 Å². The minimum atomic E-state index is -0.638. The van der Waals surface area contributed by atoms with E-state index in [2.05, 4.69) is 41.4 Å². The van der Waals surface area contributed by atoms with E-state index >= 15 is 0 Å². The Kier molecular flexibility index (Phi) is 4.61. The molecule has 2 saturated heterocycles. The first-order valence-corrected chi connectivity index (χ1v) is 9.88. The van der Waals surface area contributed by atoms with Gasteiger partial charge < -0.3 is 15.1 Å². The number of piperazine rings is 1. The molecule has 0 bridgehead atoms. The van der Waals surface area contributed by atoms with Crippen molar-refractivity contribution in [3.63, 3.8) is 0 Å². The van der Waals surface area contributed by atoms with Gasteiger partial charge in [-0.1, -0.05) is 38.0 Å². The predicted octanol–water partition coefficient (Wildman–Crippen LogP) is 0.850. The van der Waals surface area contributed by atoms with E-state index in [9.17, 15) is 9.59 Å². The van der Waals surface area contributed by atoms with E-state index < -0.39 is 5.54 Å². The van der Waals surface area contributed by atoms with Gasteiger partial charge in [0.2, 0.25) is 0 Å². The lowest BCUT2D eigenvalue weighted by atomic mass is 9.73. The maximum atomic E-state index is 13.1. The molecule has 3 fully saturated rings. The molecule has 6 heteroatoms. The number of rotatable bonds is 3. The molecule has 1 aromatic rings. The van der Waals surface area contributed by atoms with Gasteiger partial charge in [0.25, 0.3) is 5.91 Å². The van der Waals surface area contributed by atoms with E-state index in [4.69, 9.17) is 0 Å². The van der Waals surface area contributed by atoms with E-state index in [0.717, 1.165) is 51.9 Å². The largest absolute Gasteiger partial charge is 0.360 e. The van der Waals surface area contributed by atoms with E-state index in [0.29, 0.717) is 6.67 Å². The van der Waals surface area contributed by atoms with Gasteiger partial charge in [0, 0.05) is 5.69 Å². The van der Waals surface area contributed by atoms with Crippen molar-refractivity contribution < 1.29 is 14.5 Å². The number of carbonyl (C=O) groups is 2. The van der Waals surface area contributed by atoms with Gasteiger partial charge in [0.05, 0.1) is 26.2 Å². The second-order valence-electron chi connectivity index (χ2n) is 8.01. The smallest absolute Gasteiger partial charge is 0.329 e. The molecule has 1 saturated carbocycles. The molecule has 1 aliphatic carbocycles. The summed E-state index contributed by atoms with van der Waals surface area (Å²) < 4.78 is 0. The van der Waals surface area contributed by atoms with Gasteiger partial charge in [-0.15, -0.1) is 0 Å². The first kappa shape index (κ1) is 17.3. The van der Waals surface area contributed by atoms with Gasteiger partial charge in [-0.05, 0) is 30.9 Å². The number of benzene rings is 1. The molecule has 3 amide bonds. The minimum Gasteiger partial charge on any atom is -0.360 e. The number of anilines is 1. The molecule has 140 valence electrons. The number of nitrogens with zero attached hydrogens (tertiary/aromatic N) is 2. The lowest BCUT2D eigenvalue weighted by Crippen LogP contribution is -3.16. The summed E-state index contributed by atoms with van der Waals surface area (Å²) in [6.45, 7) is 6.37. The molecule has 4 rings (SSSR count). The van der Waals surface area contributed by atoms with Crippen molar-refractivity contribution in [3.05, 3.63) is 30.3 Å². The number of para-hydroxylation sites is 1. The molecule has 2 aliphatic heterocycles. The van der Waals surface area contributed by atoms with Gasteiger partial charge in [0.15, 0.2) is 6.67 Å². The van der Waals surface area contributed by atoms with Gasteiger partial charge in [-0.3, -0.25) is 4.79 Å². The van der Waals surface area contributed by atoms with Crippen molar-refractivity contribution in [1.82, 2.24) is 10.2 Å².